The summed E-state index contributed by atoms with van der Waals surface area (Å²) >= 11 is 0. The Kier molecular flexibility index (Phi) is 4.23. The van der Waals surface area contributed by atoms with E-state index in [0.717, 1.165) is 0 Å². The highest BCUT2D eigenvalue weighted by Crippen LogP contribution is 1.96. The lowest BCUT2D eigenvalue weighted by Gasteiger charge is -2.05. The molecule has 0 saturated heterocycles. The molecule has 0 spiro atoms. The number of aromatic nitrogens is 3. The van der Waals surface area contributed by atoms with Crippen molar-refractivity contribution in [2.45, 2.75) is 32.4 Å². The molecule has 15 heavy (non-hydrogen) atoms. The lowest BCUT2D eigenvalue weighted by Crippen LogP contribution is -2.25. The molecule has 6 heteroatoms. The molecule has 0 radical (unpaired) electrons. The van der Waals surface area contributed by atoms with Crippen LogP contribution in [-0.4, -0.2) is 31.9 Å². The van der Waals surface area contributed by atoms with Gasteiger partial charge in [-0.2, -0.15) is 0 Å². The summed E-state index contributed by atoms with van der Waals surface area (Å²) < 4.78 is 1.74. The van der Waals surface area contributed by atoms with Crippen molar-refractivity contribution in [3.05, 3.63) is 12.2 Å². The standard InChI is InChI=1S/C9H16N4O2/c1-7(14)3-4-9(15)10-5-8-12-11-6-13(8)2/h6-7,14H,3-5H2,1-2H3,(H,10,15). The molecular formula is C9H16N4O2. The summed E-state index contributed by atoms with van der Waals surface area (Å²) in [4.78, 5) is 11.3. The van der Waals surface area contributed by atoms with E-state index in [2.05, 4.69) is 15.5 Å². The number of hydrogen-bond acceptors (Lipinski definition) is 4. The summed E-state index contributed by atoms with van der Waals surface area (Å²) in [6.07, 6.45) is 1.95. The maximum absolute atomic E-state index is 11.3. The predicted molar refractivity (Wildman–Crippen MR) is 53.8 cm³/mol. The quantitative estimate of drug-likeness (QED) is 0.695. The van der Waals surface area contributed by atoms with Crippen molar-refractivity contribution in [3.63, 3.8) is 0 Å². The summed E-state index contributed by atoms with van der Waals surface area (Å²) in [6, 6.07) is 0. The van der Waals surface area contributed by atoms with Crippen molar-refractivity contribution >= 4 is 5.91 Å². The molecule has 1 aromatic heterocycles. The number of amides is 1. The van der Waals surface area contributed by atoms with Crippen LogP contribution in [0.3, 0.4) is 0 Å². The summed E-state index contributed by atoms with van der Waals surface area (Å²) in [5.41, 5.74) is 0. The number of aryl methyl sites for hydroxylation is 1. The van der Waals surface area contributed by atoms with E-state index >= 15 is 0 Å². The van der Waals surface area contributed by atoms with Crippen LogP contribution in [0.25, 0.3) is 0 Å². The van der Waals surface area contributed by atoms with Crippen molar-refractivity contribution in [1.82, 2.24) is 20.1 Å². The van der Waals surface area contributed by atoms with E-state index in [4.69, 9.17) is 5.11 Å². The number of nitrogens with zero attached hydrogens (tertiary/aromatic N) is 3. The van der Waals surface area contributed by atoms with E-state index in [1.165, 1.54) is 0 Å². The predicted octanol–water partition coefficient (Wildman–Crippen LogP) is -0.408. The average Bonchev–Trinajstić information content (AvgIpc) is 2.58. The van der Waals surface area contributed by atoms with Crippen LogP contribution in [0.5, 0.6) is 0 Å². The summed E-state index contributed by atoms with van der Waals surface area (Å²) in [7, 11) is 1.82. The van der Waals surface area contributed by atoms with Gasteiger partial charge < -0.3 is 15.0 Å². The number of rotatable bonds is 5. The van der Waals surface area contributed by atoms with Gasteiger partial charge in [0.05, 0.1) is 12.6 Å². The fraction of sp³-hybridized carbons (Fsp3) is 0.667. The molecule has 0 aliphatic carbocycles. The Morgan fingerprint density at radius 3 is 3.00 bits per heavy atom. The fourth-order valence-electron chi connectivity index (χ4n) is 1.07. The molecule has 0 saturated carbocycles. The van der Waals surface area contributed by atoms with E-state index in [1.54, 1.807) is 17.8 Å². The number of aliphatic hydroxyl groups is 1. The number of carbonyl (C=O) groups excluding carboxylic acids is 1. The second kappa shape index (κ2) is 5.45. The summed E-state index contributed by atoms with van der Waals surface area (Å²) in [5.74, 6) is 0.624. The maximum Gasteiger partial charge on any atom is 0.220 e. The Balaban J connectivity index is 2.26. The van der Waals surface area contributed by atoms with Gasteiger partial charge in [0.15, 0.2) is 5.82 Å². The first-order chi connectivity index (χ1) is 7.09. The maximum atomic E-state index is 11.3. The monoisotopic (exact) mass is 212 g/mol. The lowest BCUT2D eigenvalue weighted by molar-refractivity contribution is -0.121. The topological polar surface area (TPSA) is 80.0 Å². The highest BCUT2D eigenvalue weighted by atomic mass is 16.3. The van der Waals surface area contributed by atoms with Crippen molar-refractivity contribution in [1.29, 1.82) is 0 Å². The molecule has 0 fully saturated rings. The number of nitrogens with one attached hydrogen (secondary N) is 1. The van der Waals surface area contributed by atoms with Gasteiger partial charge in [-0.15, -0.1) is 10.2 Å². The zero-order chi connectivity index (χ0) is 11.3. The van der Waals surface area contributed by atoms with Crippen LogP contribution < -0.4 is 5.32 Å². The minimum absolute atomic E-state index is 0.0844. The number of hydrogen-bond donors (Lipinski definition) is 2. The van der Waals surface area contributed by atoms with Crippen LogP contribution in [0.2, 0.25) is 0 Å². The summed E-state index contributed by atoms with van der Waals surface area (Å²) in [6.45, 7) is 2.03. The van der Waals surface area contributed by atoms with Crippen molar-refractivity contribution in [3.8, 4) is 0 Å². The largest absolute Gasteiger partial charge is 0.393 e. The van der Waals surface area contributed by atoms with Gasteiger partial charge in [0, 0.05) is 13.5 Å². The Morgan fingerprint density at radius 1 is 1.73 bits per heavy atom. The molecule has 6 nitrogen and oxygen atoms in total. The first-order valence-corrected chi connectivity index (χ1v) is 4.87. The van der Waals surface area contributed by atoms with Crippen LogP contribution in [0.15, 0.2) is 6.33 Å². The lowest BCUT2D eigenvalue weighted by atomic mass is 10.2. The third-order valence-electron chi connectivity index (χ3n) is 2.04. The Labute approximate surface area is 88.3 Å². The molecule has 1 unspecified atom stereocenters. The molecule has 1 aromatic rings. The van der Waals surface area contributed by atoms with Crippen molar-refractivity contribution in [2.75, 3.05) is 0 Å². The highest BCUT2D eigenvalue weighted by Gasteiger charge is 2.05. The Hall–Kier alpha value is -1.43. The van der Waals surface area contributed by atoms with Gasteiger partial charge in [0.25, 0.3) is 0 Å². The molecule has 84 valence electrons. The minimum atomic E-state index is -0.439. The molecule has 0 bridgehead atoms. The molecule has 0 aliphatic heterocycles. The van der Waals surface area contributed by atoms with Gasteiger partial charge in [-0.3, -0.25) is 4.79 Å². The first-order valence-electron chi connectivity index (χ1n) is 4.87. The number of aliphatic hydroxyl groups excluding tert-OH is 1. The zero-order valence-corrected chi connectivity index (χ0v) is 8.97. The molecule has 1 rings (SSSR count). The molecule has 1 amide bonds. The van der Waals surface area contributed by atoms with Crippen LogP contribution in [0.4, 0.5) is 0 Å². The van der Waals surface area contributed by atoms with E-state index in [0.29, 0.717) is 25.2 Å². The average molecular weight is 212 g/mol. The minimum Gasteiger partial charge on any atom is -0.393 e. The third-order valence-corrected chi connectivity index (χ3v) is 2.04. The van der Waals surface area contributed by atoms with E-state index in [1.807, 2.05) is 7.05 Å². The third kappa shape index (κ3) is 4.07. The van der Waals surface area contributed by atoms with Gasteiger partial charge in [0.2, 0.25) is 5.91 Å². The second-order valence-electron chi connectivity index (χ2n) is 3.52. The van der Waals surface area contributed by atoms with Gasteiger partial charge in [-0.25, -0.2) is 0 Å². The molecule has 0 aliphatic rings. The number of carbonyl (C=O) groups is 1. The Bertz CT molecular complexity index is 322. The highest BCUT2D eigenvalue weighted by molar-refractivity contribution is 5.75. The van der Waals surface area contributed by atoms with E-state index in [-0.39, 0.29) is 5.91 Å². The molecule has 0 aromatic carbocycles. The van der Waals surface area contributed by atoms with Gasteiger partial charge in [-0.1, -0.05) is 0 Å². The molecule has 1 heterocycles. The second-order valence-corrected chi connectivity index (χ2v) is 3.52. The van der Waals surface area contributed by atoms with Crippen LogP contribution in [0.1, 0.15) is 25.6 Å². The molecular weight excluding hydrogens is 196 g/mol. The smallest absolute Gasteiger partial charge is 0.220 e. The van der Waals surface area contributed by atoms with Crippen molar-refractivity contribution < 1.29 is 9.90 Å². The van der Waals surface area contributed by atoms with Gasteiger partial charge in [0.1, 0.15) is 6.33 Å². The van der Waals surface area contributed by atoms with Crippen molar-refractivity contribution in [2.24, 2.45) is 7.05 Å². The van der Waals surface area contributed by atoms with Crippen LogP contribution in [-0.2, 0) is 18.4 Å². The fourth-order valence-corrected chi connectivity index (χ4v) is 1.07. The molecule has 2 N–H and O–H groups in total. The molecule has 1 atom stereocenters. The van der Waals surface area contributed by atoms with Crippen LogP contribution in [0, 0.1) is 0 Å². The zero-order valence-electron chi connectivity index (χ0n) is 8.97. The summed E-state index contributed by atoms with van der Waals surface area (Å²) in [5, 5.41) is 19.2. The van der Waals surface area contributed by atoms with Gasteiger partial charge >= 0.3 is 0 Å². The van der Waals surface area contributed by atoms with E-state index < -0.39 is 6.10 Å². The Morgan fingerprint density at radius 2 is 2.47 bits per heavy atom. The first kappa shape index (κ1) is 11.6. The van der Waals surface area contributed by atoms with Gasteiger partial charge in [-0.05, 0) is 13.3 Å². The van der Waals surface area contributed by atoms with E-state index in [9.17, 15) is 4.79 Å². The van der Waals surface area contributed by atoms with Crippen LogP contribution >= 0.6 is 0 Å². The SMILES string of the molecule is CC(O)CCC(=O)NCc1nncn1C. The normalized spacial score (nSPS) is 12.5.